The first-order chi connectivity index (χ1) is 14.7. The van der Waals surface area contributed by atoms with E-state index in [1.165, 1.54) is 11.3 Å². The third-order valence-corrected chi connectivity index (χ3v) is 4.90. The van der Waals surface area contributed by atoms with Crippen LogP contribution in [0.15, 0.2) is 59.6 Å². The maximum Gasteiger partial charge on any atom is 0.252 e. The van der Waals surface area contributed by atoms with Crippen LogP contribution < -0.4 is 20.1 Å². The minimum atomic E-state index is -0.136. The highest BCUT2D eigenvalue weighted by Crippen LogP contribution is 2.31. The van der Waals surface area contributed by atoms with Crippen molar-refractivity contribution in [2.45, 2.75) is 19.4 Å². The van der Waals surface area contributed by atoms with Gasteiger partial charge in [0.25, 0.3) is 5.91 Å². The molecule has 0 fully saturated rings. The van der Waals surface area contributed by atoms with E-state index in [2.05, 4.69) is 15.6 Å². The van der Waals surface area contributed by atoms with E-state index in [0.29, 0.717) is 48.7 Å². The number of hydrogen-bond acceptors (Lipinski definition) is 6. The predicted octanol–water partition coefficient (Wildman–Crippen LogP) is 3.88. The van der Waals surface area contributed by atoms with E-state index in [1.807, 2.05) is 17.5 Å². The van der Waals surface area contributed by atoms with Gasteiger partial charge in [0.05, 0.1) is 7.11 Å². The first kappa shape index (κ1) is 21.3. The number of nitrogens with zero attached hydrogens (tertiary/aromatic N) is 1. The molecular formula is C22H23N3O4S. The second-order valence-corrected chi connectivity index (χ2v) is 7.22. The average Bonchev–Trinajstić information content (AvgIpc) is 3.31. The van der Waals surface area contributed by atoms with Gasteiger partial charge >= 0.3 is 0 Å². The molecule has 1 aromatic carbocycles. The first-order valence-electron chi connectivity index (χ1n) is 9.45. The number of carbonyl (C=O) groups excluding carboxylic acids is 2. The molecule has 0 saturated carbocycles. The van der Waals surface area contributed by atoms with Gasteiger partial charge in [0, 0.05) is 53.6 Å². The summed E-state index contributed by atoms with van der Waals surface area (Å²) < 4.78 is 11.2. The fraction of sp³-hybridized carbons (Fsp3) is 0.227. The van der Waals surface area contributed by atoms with Crippen LogP contribution in [0.25, 0.3) is 0 Å². The summed E-state index contributed by atoms with van der Waals surface area (Å²) in [6.07, 6.45) is 4.27. The molecule has 30 heavy (non-hydrogen) atoms. The third-order valence-electron chi connectivity index (χ3n) is 4.21. The van der Waals surface area contributed by atoms with Gasteiger partial charge in [-0.05, 0) is 36.1 Å². The molecule has 0 atom stereocenters. The fourth-order valence-corrected chi connectivity index (χ4v) is 3.32. The van der Waals surface area contributed by atoms with Gasteiger partial charge in [0.1, 0.15) is 6.61 Å². The Hall–Kier alpha value is -3.39. The number of aromatic nitrogens is 1. The minimum Gasteiger partial charge on any atom is -0.493 e. The summed E-state index contributed by atoms with van der Waals surface area (Å²) in [6.45, 7) is 0.773. The number of carbonyl (C=O) groups is 2. The Kier molecular flexibility index (Phi) is 7.79. The summed E-state index contributed by atoms with van der Waals surface area (Å²) in [4.78, 5) is 28.2. The van der Waals surface area contributed by atoms with Crippen molar-refractivity contribution in [3.05, 3.63) is 70.7 Å². The Balaban J connectivity index is 1.47. The van der Waals surface area contributed by atoms with Gasteiger partial charge in [-0.2, -0.15) is 11.3 Å². The number of amides is 2. The van der Waals surface area contributed by atoms with Crippen molar-refractivity contribution >= 4 is 28.8 Å². The zero-order chi connectivity index (χ0) is 21.2. The third kappa shape index (κ3) is 6.31. The lowest BCUT2D eigenvalue weighted by molar-refractivity contribution is -0.116. The Morgan fingerprint density at radius 1 is 1.17 bits per heavy atom. The average molecular weight is 426 g/mol. The zero-order valence-corrected chi connectivity index (χ0v) is 17.4. The number of pyridine rings is 1. The molecule has 0 bridgehead atoms. The molecule has 0 saturated heterocycles. The number of hydrogen-bond donors (Lipinski definition) is 2. The summed E-state index contributed by atoms with van der Waals surface area (Å²) in [6, 6.07) is 10.8. The van der Waals surface area contributed by atoms with E-state index in [9.17, 15) is 9.59 Å². The number of benzene rings is 1. The van der Waals surface area contributed by atoms with Gasteiger partial charge in [0.15, 0.2) is 11.5 Å². The Labute approximate surface area is 179 Å². The highest BCUT2D eigenvalue weighted by atomic mass is 32.1. The zero-order valence-electron chi connectivity index (χ0n) is 16.6. The highest BCUT2D eigenvalue weighted by molar-refractivity contribution is 7.08. The van der Waals surface area contributed by atoms with Crippen molar-refractivity contribution in [3.63, 3.8) is 0 Å². The second-order valence-electron chi connectivity index (χ2n) is 6.44. The smallest absolute Gasteiger partial charge is 0.252 e. The van der Waals surface area contributed by atoms with Gasteiger partial charge in [0.2, 0.25) is 5.91 Å². The fourth-order valence-electron chi connectivity index (χ4n) is 2.68. The first-order valence-corrected chi connectivity index (χ1v) is 10.4. The van der Waals surface area contributed by atoms with E-state index in [-0.39, 0.29) is 11.8 Å². The Morgan fingerprint density at radius 3 is 2.80 bits per heavy atom. The molecule has 0 aliphatic rings. The Morgan fingerprint density at radius 2 is 2.07 bits per heavy atom. The lowest BCUT2D eigenvalue weighted by Crippen LogP contribution is -2.25. The number of nitrogens with one attached hydrogen (secondary N) is 2. The van der Waals surface area contributed by atoms with Crippen LogP contribution in [0.3, 0.4) is 0 Å². The minimum absolute atomic E-state index is 0.123. The summed E-state index contributed by atoms with van der Waals surface area (Å²) in [5.74, 6) is 0.848. The molecule has 156 valence electrons. The molecule has 0 aliphatic carbocycles. The topological polar surface area (TPSA) is 89.6 Å². The molecule has 0 aliphatic heterocycles. The van der Waals surface area contributed by atoms with E-state index in [1.54, 1.807) is 49.1 Å². The van der Waals surface area contributed by atoms with Crippen LogP contribution in [0, 0.1) is 0 Å². The van der Waals surface area contributed by atoms with Crippen molar-refractivity contribution < 1.29 is 19.1 Å². The largest absolute Gasteiger partial charge is 0.493 e. The molecule has 7 nitrogen and oxygen atoms in total. The lowest BCUT2D eigenvalue weighted by Gasteiger charge is -2.13. The summed E-state index contributed by atoms with van der Waals surface area (Å²) in [7, 11) is 1.56. The van der Waals surface area contributed by atoms with Gasteiger partial charge in [-0.3, -0.25) is 14.6 Å². The highest BCUT2D eigenvalue weighted by Gasteiger charge is 2.10. The van der Waals surface area contributed by atoms with Crippen LogP contribution in [-0.4, -0.2) is 30.5 Å². The van der Waals surface area contributed by atoms with E-state index in [0.717, 1.165) is 5.56 Å². The molecule has 0 radical (unpaired) electrons. The van der Waals surface area contributed by atoms with E-state index in [4.69, 9.17) is 9.47 Å². The molecule has 2 heterocycles. The molecule has 2 N–H and O–H groups in total. The second kappa shape index (κ2) is 11.0. The van der Waals surface area contributed by atoms with Crippen LogP contribution in [0.4, 0.5) is 5.69 Å². The van der Waals surface area contributed by atoms with Crippen molar-refractivity contribution in [3.8, 4) is 11.5 Å². The molecule has 2 aromatic heterocycles. The molecule has 0 spiro atoms. The quantitative estimate of drug-likeness (QED) is 0.481. The lowest BCUT2D eigenvalue weighted by atomic mass is 10.2. The van der Waals surface area contributed by atoms with E-state index >= 15 is 0 Å². The van der Waals surface area contributed by atoms with Crippen molar-refractivity contribution in [2.75, 3.05) is 19.0 Å². The SMILES string of the molecule is COc1ccc(NC(=O)CCCNC(=O)c2ccsc2)cc1OCc1cccnc1. The maximum absolute atomic E-state index is 12.2. The molecule has 3 aromatic rings. The van der Waals surface area contributed by atoms with Gasteiger partial charge in [-0.1, -0.05) is 6.07 Å². The number of anilines is 1. The monoisotopic (exact) mass is 425 g/mol. The van der Waals surface area contributed by atoms with Gasteiger partial charge < -0.3 is 20.1 Å². The van der Waals surface area contributed by atoms with Gasteiger partial charge in [-0.15, -0.1) is 0 Å². The van der Waals surface area contributed by atoms with Crippen molar-refractivity contribution in [1.82, 2.24) is 10.3 Å². The Bertz CT molecular complexity index is 962. The standard InChI is InChI=1S/C22H23N3O4S/c1-28-19-7-6-18(12-20(19)29-14-16-4-2-9-23-13-16)25-21(26)5-3-10-24-22(27)17-8-11-30-15-17/h2,4,6-9,11-13,15H,3,5,10,14H2,1H3,(H,24,27)(H,25,26). The molecule has 8 heteroatoms. The number of ether oxygens (including phenoxy) is 2. The van der Waals surface area contributed by atoms with E-state index < -0.39 is 0 Å². The van der Waals surface area contributed by atoms with Crippen LogP contribution in [0.2, 0.25) is 0 Å². The number of rotatable bonds is 10. The molecular weight excluding hydrogens is 402 g/mol. The van der Waals surface area contributed by atoms with Crippen LogP contribution in [-0.2, 0) is 11.4 Å². The normalized spacial score (nSPS) is 10.3. The number of thiophene rings is 1. The predicted molar refractivity (Wildman–Crippen MR) is 116 cm³/mol. The molecule has 0 unspecified atom stereocenters. The molecule has 3 rings (SSSR count). The van der Waals surface area contributed by atoms with Crippen LogP contribution in [0.1, 0.15) is 28.8 Å². The van der Waals surface area contributed by atoms with Crippen LogP contribution in [0.5, 0.6) is 11.5 Å². The number of methoxy groups -OCH3 is 1. The maximum atomic E-state index is 12.2. The molecule has 2 amide bonds. The van der Waals surface area contributed by atoms with Gasteiger partial charge in [-0.25, -0.2) is 0 Å². The van der Waals surface area contributed by atoms with Crippen molar-refractivity contribution in [2.24, 2.45) is 0 Å². The summed E-state index contributed by atoms with van der Waals surface area (Å²) in [5.41, 5.74) is 2.18. The van der Waals surface area contributed by atoms with Crippen molar-refractivity contribution in [1.29, 1.82) is 0 Å². The summed E-state index contributed by atoms with van der Waals surface area (Å²) >= 11 is 1.47. The summed E-state index contributed by atoms with van der Waals surface area (Å²) in [5, 5.41) is 9.30. The van der Waals surface area contributed by atoms with Crippen LogP contribution >= 0.6 is 11.3 Å².